The highest BCUT2D eigenvalue weighted by atomic mass is 14.9. The van der Waals surface area contributed by atoms with E-state index in [1.165, 1.54) is 38.5 Å². The molecule has 3 unspecified atom stereocenters. The van der Waals surface area contributed by atoms with Gasteiger partial charge in [-0.05, 0) is 50.5 Å². The summed E-state index contributed by atoms with van der Waals surface area (Å²) >= 11 is 0. The fourth-order valence-electron chi connectivity index (χ4n) is 2.87. The largest absolute Gasteiger partial charge is 0.314 e. The maximum atomic E-state index is 5.32. The highest BCUT2D eigenvalue weighted by molar-refractivity contribution is 4.87. The van der Waals surface area contributed by atoms with Gasteiger partial charge in [0, 0.05) is 12.5 Å². The maximum absolute atomic E-state index is 5.32. The van der Waals surface area contributed by atoms with E-state index in [0.29, 0.717) is 0 Å². The van der Waals surface area contributed by atoms with Crippen LogP contribution in [-0.4, -0.2) is 12.6 Å². The van der Waals surface area contributed by atoms with Crippen molar-refractivity contribution in [2.24, 2.45) is 11.8 Å². The fourth-order valence-corrected chi connectivity index (χ4v) is 2.87. The molecule has 1 saturated carbocycles. The molecule has 0 aliphatic heterocycles. The highest BCUT2D eigenvalue weighted by Gasteiger charge is 2.27. The van der Waals surface area contributed by atoms with Crippen molar-refractivity contribution in [1.82, 2.24) is 5.32 Å². The Balaban J connectivity index is 2.33. The molecule has 0 heterocycles. The minimum atomic E-state index is 0.721. The molecule has 1 nitrogen and oxygen atoms in total. The lowest BCUT2D eigenvalue weighted by Crippen LogP contribution is -2.35. The molecular weight excluding hydrogens is 194 g/mol. The maximum Gasteiger partial charge on any atom is 0.00957 e. The Morgan fingerprint density at radius 3 is 2.81 bits per heavy atom. The van der Waals surface area contributed by atoms with Gasteiger partial charge in [0.25, 0.3) is 0 Å². The first-order valence-electron chi connectivity index (χ1n) is 6.94. The fraction of sp³-hybridized carbons (Fsp3) is 0.867. The van der Waals surface area contributed by atoms with Gasteiger partial charge in [0.05, 0.1) is 0 Å². The van der Waals surface area contributed by atoms with Crippen molar-refractivity contribution in [3.63, 3.8) is 0 Å². The van der Waals surface area contributed by atoms with Crippen molar-refractivity contribution < 1.29 is 0 Å². The molecule has 0 aromatic carbocycles. The molecule has 0 spiro atoms. The van der Waals surface area contributed by atoms with Crippen molar-refractivity contribution in [3.8, 4) is 12.3 Å². The second-order valence-corrected chi connectivity index (χ2v) is 5.34. The van der Waals surface area contributed by atoms with E-state index in [2.05, 4.69) is 25.1 Å². The van der Waals surface area contributed by atoms with Gasteiger partial charge in [-0.1, -0.05) is 20.3 Å². The molecule has 0 aromatic rings. The number of unbranched alkanes of at least 4 members (excludes halogenated alkanes) is 1. The normalized spacial score (nSPS) is 26.6. The van der Waals surface area contributed by atoms with Crippen LogP contribution in [0.25, 0.3) is 0 Å². The second-order valence-electron chi connectivity index (χ2n) is 5.34. The van der Waals surface area contributed by atoms with Gasteiger partial charge in [-0.3, -0.25) is 0 Å². The SMILES string of the molecule is C#CCCCC(NCCC)C1CCC(C)C1. The van der Waals surface area contributed by atoms with Crippen molar-refractivity contribution in [2.45, 2.75) is 64.8 Å². The van der Waals surface area contributed by atoms with E-state index in [0.717, 1.165) is 30.8 Å². The van der Waals surface area contributed by atoms with Crippen molar-refractivity contribution in [1.29, 1.82) is 0 Å². The van der Waals surface area contributed by atoms with E-state index in [1.54, 1.807) is 0 Å². The van der Waals surface area contributed by atoms with Gasteiger partial charge in [0.2, 0.25) is 0 Å². The number of hydrogen-bond donors (Lipinski definition) is 1. The third-order valence-corrected chi connectivity index (χ3v) is 3.80. The predicted octanol–water partition coefficient (Wildman–Crippen LogP) is 3.59. The van der Waals surface area contributed by atoms with Crippen molar-refractivity contribution >= 4 is 0 Å². The number of nitrogens with one attached hydrogen (secondary N) is 1. The molecular formula is C15H27N. The molecule has 1 fully saturated rings. The van der Waals surface area contributed by atoms with Gasteiger partial charge in [-0.25, -0.2) is 0 Å². The Hall–Kier alpha value is -0.480. The Morgan fingerprint density at radius 1 is 1.44 bits per heavy atom. The predicted molar refractivity (Wildman–Crippen MR) is 71.3 cm³/mol. The van der Waals surface area contributed by atoms with E-state index in [-0.39, 0.29) is 0 Å². The Bertz CT molecular complexity index is 216. The molecule has 0 bridgehead atoms. The van der Waals surface area contributed by atoms with Gasteiger partial charge in [-0.2, -0.15) is 0 Å². The molecule has 1 aliphatic carbocycles. The first kappa shape index (κ1) is 13.6. The van der Waals surface area contributed by atoms with Crippen LogP contribution in [0, 0.1) is 24.2 Å². The van der Waals surface area contributed by atoms with Crippen molar-refractivity contribution in [3.05, 3.63) is 0 Å². The van der Waals surface area contributed by atoms with Crippen LogP contribution in [0.5, 0.6) is 0 Å². The zero-order valence-corrected chi connectivity index (χ0v) is 11.0. The molecule has 0 saturated heterocycles. The van der Waals surface area contributed by atoms with Crippen LogP contribution in [0.15, 0.2) is 0 Å². The zero-order valence-electron chi connectivity index (χ0n) is 11.0. The smallest absolute Gasteiger partial charge is 0.00957 e. The summed E-state index contributed by atoms with van der Waals surface area (Å²) in [6, 6.07) is 0.721. The number of terminal acetylenes is 1. The summed E-state index contributed by atoms with van der Waals surface area (Å²) in [6.45, 7) is 5.78. The quantitative estimate of drug-likeness (QED) is 0.512. The van der Waals surface area contributed by atoms with Gasteiger partial charge < -0.3 is 5.32 Å². The summed E-state index contributed by atoms with van der Waals surface area (Å²) in [5.41, 5.74) is 0. The van der Waals surface area contributed by atoms with Gasteiger partial charge in [0.1, 0.15) is 0 Å². The average molecular weight is 221 g/mol. The molecule has 1 heteroatoms. The summed E-state index contributed by atoms with van der Waals surface area (Å²) in [7, 11) is 0. The third kappa shape index (κ3) is 4.58. The topological polar surface area (TPSA) is 12.0 Å². The molecule has 16 heavy (non-hydrogen) atoms. The molecule has 1 rings (SSSR count). The van der Waals surface area contributed by atoms with Crippen LogP contribution in [0.1, 0.15) is 58.8 Å². The molecule has 3 atom stereocenters. The number of hydrogen-bond acceptors (Lipinski definition) is 1. The van der Waals surface area contributed by atoms with Gasteiger partial charge >= 0.3 is 0 Å². The summed E-state index contributed by atoms with van der Waals surface area (Å²) < 4.78 is 0. The van der Waals surface area contributed by atoms with Crippen molar-refractivity contribution in [2.75, 3.05) is 6.54 Å². The minimum absolute atomic E-state index is 0.721. The monoisotopic (exact) mass is 221 g/mol. The van der Waals surface area contributed by atoms with Gasteiger partial charge in [0.15, 0.2) is 0 Å². The van der Waals surface area contributed by atoms with Crippen LogP contribution in [0.2, 0.25) is 0 Å². The van der Waals surface area contributed by atoms with Crippen LogP contribution >= 0.6 is 0 Å². The van der Waals surface area contributed by atoms with E-state index >= 15 is 0 Å². The van der Waals surface area contributed by atoms with E-state index < -0.39 is 0 Å². The average Bonchev–Trinajstić information content (AvgIpc) is 2.70. The second kappa shape index (κ2) is 7.74. The molecule has 1 N–H and O–H groups in total. The van der Waals surface area contributed by atoms with Crippen LogP contribution in [0.3, 0.4) is 0 Å². The lowest BCUT2D eigenvalue weighted by molar-refractivity contribution is 0.329. The van der Waals surface area contributed by atoms with Crippen LogP contribution in [-0.2, 0) is 0 Å². The van der Waals surface area contributed by atoms with E-state index in [4.69, 9.17) is 6.42 Å². The molecule has 0 aromatic heterocycles. The molecule has 92 valence electrons. The summed E-state index contributed by atoms with van der Waals surface area (Å²) in [6.07, 6.45) is 14.2. The Kier molecular flexibility index (Phi) is 6.57. The first-order chi connectivity index (χ1) is 7.77. The molecule has 0 radical (unpaired) electrons. The van der Waals surface area contributed by atoms with E-state index in [1.807, 2.05) is 0 Å². The summed E-state index contributed by atoms with van der Waals surface area (Å²) in [5, 5.41) is 3.72. The Morgan fingerprint density at radius 2 is 2.25 bits per heavy atom. The first-order valence-corrected chi connectivity index (χ1v) is 6.94. The third-order valence-electron chi connectivity index (χ3n) is 3.80. The lowest BCUT2D eigenvalue weighted by Gasteiger charge is -2.24. The van der Waals surface area contributed by atoms with E-state index in [9.17, 15) is 0 Å². The number of rotatable bonds is 7. The molecule has 1 aliphatic rings. The zero-order chi connectivity index (χ0) is 11.8. The highest BCUT2D eigenvalue weighted by Crippen LogP contribution is 2.34. The molecule has 0 amide bonds. The van der Waals surface area contributed by atoms with Gasteiger partial charge in [-0.15, -0.1) is 12.3 Å². The summed E-state index contributed by atoms with van der Waals surface area (Å²) in [5.74, 6) is 4.59. The summed E-state index contributed by atoms with van der Waals surface area (Å²) in [4.78, 5) is 0. The Labute approximate surface area is 101 Å². The van der Waals surface area contributed by atoms with Crippen LogP contribution in [0.4, 0.5) is 0 Å². The van der Waals surface area contributed by atoms with Crippen LogP contribution < -0.4 is 5.32 Å². The minimum Gasteiger partial charge on any atom is -0.314 e. The standard InChI is InChI=1S/C15H27N/c1-4-6-7-8-15(16-11-5-2)14-10-9-13(3)12-14/h1,13-16H,5-12H2,2-3H3. The lowest BCUT2D eigenvalue weighted by atomic mass is 9.92.